The number of piperidine rings is 1. The van der Waals surface area contributed by atoms with Crippen LogP contribution in [0.5, 0.6) is 17.4 Å². The first-order valence-corrected chi connectivity index (χ1v) is 12.5. The number of ether oxygens (including phenoxy) is 2. The van der Waals surface area contributed by atoms with Crippen molar-refractivity contribution in [2.75, 3.05) is 20.2 Å². The van der Waals surface area contributed by atoms with Gasteiger partial charge in [-0.2, -0.15) is 0 Å². The molecule has 1 fully saturated rings. The van der Waals surface area contributed by atoms with E-state index in [1.165, 1.54) is 11.1 Å². The van der Waals surface area contributed by atoms with Gasteiger partial charge in [0.1, 0.15) is 11.5 Å². The van der Waals surface area contributed by atoms with Gasteiger partial charge >= 0.3 is 5.97 Å². The summed E-state index contributed by atoms with van der Waals surface area (Å²) in [5.74, 6) is 0.0277. The molecule has 1 aromatic heterocycles. The molecule has 1 amide bonds. The van der Waals surface area contributed by atoms with Crippen molar-refractivity contribution in [3.63, 3.8) is 0 Å². The number of aromatic nitrogens is 3. The highest BCUT2D eigenvalue weighted by atomic mass is 16.5. The molecule has 38 heavy (non-hydrogen) atoms. The van der Waals surface area contributed by atoms with Crippen molar-refractivity contribution in [3.8, 4) is 28.5 Å². The smallest absolute Gasteiger partial charge is 0.362 e. The van der Waals surface area contributed by atoms with Gasteiger partial charge in [0.25, 0.3) is 11.8 Å². The highest BCUT2D eigenvalue weighted by molar-refractivity contribution is 5.95. The van der Waals surface area contributed by atoms with Crippen molar-refractivity contribution in [1.29, 1.82) is 0 Å². The molecule has 1 saturated heterocycles. The monoisotopic (exact) mass is 512 g/mol. The zero-order valence-corrected chi connectivity index (χ0v) is 21.0. The van der Waals surface area contributed by atoms with Crippen LogP contribution in [0.1, 0.15) is 45.7 Å². The van der Waals surface area contributed by atoms with Gasteiger partial charge in [-0.25, -0.2) is 9.48 Å². The van der Waals surface area contributed by atoms with E-state index in [1.807, 2.05) is 65.6 Å². The van der Waals surface area contributed by atoms with Crippen molar-refractivity contribution in [2.24, 2.45) is 0 Å². The average molecular weight is 513 g/mol. The minimum absolute atomic E-state index is 0.0372. The fourth-order valence-electron chi connectivity index (χ4n) is 4.49. The van der Waals surface area contributed by atoms with Gasteiger partial charge in [-0.1, -0.05) is 41.6 Å². The predicted octanol–water partition coefficient (Wildman–Crippen LogP) is 5.12. The van der Waals surface area contributed by atoms with Crippen LogP contribution in [0.3, 0.4) is 0 Å². The topological polar surface area (TPSA) is 107 Å². The van der Waals surface area contributed by atoms with Crippen molar-refractivity contribution >= 4 is 11.9 Å². The summed E-state index contributed by atoms with van der Waals surface area (Å²) in [6.45, 7) is 1.88. The molecule has 0 bridgehead atoms. The Hall–Kier alpha value is -4.66. The van der Waals surface area contributed by atoms with Gasteiger partial charge in [0.05, 0.1) is 13.7 Å². The Morgan fingerprint density at radius 3 is 2.29 bits per heavy atom. The van der Waals surface area contributed by atoms with Gasteiger partial charge in [0, 0.05) is 18.7 Å². The number of nitrogens with zero attached hydrogens (tertiary/aromatic N) is 4. The molecule has 0 saturated carbocycles. The molecule has 1 aliphatic heterocycles. The summed E-state index contributed by atoms with van der Waals surface area (Å²) in [6.07, 6.45) is 3.26. The van der Waals surface area contributed by atoms with Gasteiger partial charge in [-0.15, -0.1) is 5.10 Å². The highest BCUT2D eigenvalue weighted by Crippen LogP contribution is 2.29. The summed E-state index contributed by atoms with van der Waals surface area (Å²) in [5.41, 5.74) is 3.11. The Morgan fingerprint density at radius 2 is 1.61 bits per heavy atom. The van der Waals surface area contributed by atoms with Gasteiger partial charge in [0.2, 0.25) is 5.69 Å². The first-order chi connectivity index (χ1) is 18.5. The summed E-state index contributed by atoms with van der Waals surface area (Å²) in [7, 11) is 1.59. The number of carboxylic acid groups (broad SMARTS) is 1. The molecule has 1 aliphatic rings. The Balaban J connectivity index is 1.34. The number of carbonyl (C=O) groups excluding carboxylic acids is 1. The molecule has 0 radical (unpaired) electrons. The number of hydrogen-bond acceptors (Lipinski definition) is 6. The van der Waals surface area contributed by atoms with Crippen LogP contribution < -0.4 is 9.47 Å². The molecule has 9 nitrogen and oxygen atoms in total. The van der Waals surface area contributed by atoms with Crippen LogP contribution in [0, 0.1) is 0 Å². The van der Waals surface area contributed by atoms with Crippen molar-refractivity contribution in [1.82, 2.24) is 19.9 Å². The number of benzene rings is 3. The summed E-state index contributed by atoms with van der Waals surface area (Å²) >= 11 is 0. The van der Waals surface area contributed by atoms with Crippen LogP contribution in [0.15, 0.2) is 72.8 Å². The van der Waals surface area contributed by atoms with Crippen LogP contribution >= 0.6 is 0 Å². The Labute approximate surface area is 220 Å². The molecule has 9 heteroatoms. The zero-order chi connectivity index (χ0) is 26.5. The van der Waals surface area contributed by atoms with Gasteiger partial charge < -0.3 is 19.5 Å². The van der Waals surface area contributed by atoms with E-state index in [0.29, 0.717) is 11.3 Å². The summed E-state index contributed by atoms with van der Waals surface area (Å²) in [4.78, 5) is 26.6. The number of rotatable bonds is 8. The largest absolute Gasteiger partial charge is 0.497 e. The molecule has 4 aromatic rings. The Morgan fingerprint density at radius 1 is 0.895 bits per heavy atom. The second-order valence-corrected chi connectivity index (χ2v) is 9.11. The van der Waals surface area contributed by atoms with E-state index in [9.17, 15) is 14.7 Å². The molecule has 5 rings (SSSR count). The first kappa shape index (κ1) is 25.0. The van der Waals surface area contributed by atoms with Crippen LogP contribution in [-0.2, 0) is 6.54 Å². The fourth-order valence-corrected chi connectivity index (χ4v) is 4.49. The zero-order valence-electron chi connectivity index (χ0n) is 21.0. The molecule has 194 valence electrons. The van der Waals surface area contributed by atoms with Crippen molar-refractivity contribution in [2.45, 2.75) is 25.8 Å². The SMILES string of the molecule is COc1ccc(Cn2nnc(C(=O)O)c2Oc2ccc(-c3cccc(C(=O)N4CCCCC4)c3)cc2)cc1. The van der Waals surface area contributed by atoms with Crippen molar-refractivity contribution in [3.05, 3.63) is 89.6 Å². The maximum Gasteiger partial charge on any atom is 0.362 e. The van der Waals surface area contributed by atoms with Crippen LogP contribution in [0.2, 0.25) is 0 Å². The lowest BCUT2D eigenvalue weighted by Crippen LogP contribution is -2.35. The second-order valence-electron chi connectivity index (χ2n) is 9.11. The van der Waals surface area contributed by atoms with E-state index in [1.54, 1.807) is 19.2 Å². The third-order valence-electron chi connectivity index (χ3n) is 6.54. The molecular formula is C29H28N4O5. The van der Waals surface area contributed by atoms with Gasteiger partial charge in [-0.3, -0.25) is 4.79 Å². The minimum Gasteiger partial charge on any atom is -0.497 e. The highest BCUT2D eigenvalue weighted by Gasteiger charge is 2.22. The first-order valence-electron chi connectivity index (χ1n) is 12.5. The number of hydrogen-bond donors (Lipinski definition) is 1. The number of carbonyl (C=O) groups is 2. The van der Waals surface area contributed by atoms with E-state index < -0.39 is 5.97 Å². The number of aromatic carboxylic acids is 1. The molecule has 3 aromatic carbocycles. The summed E-state index contributed by atoms with van der Waals surface area (Å²) < 4.78 is 12.6. The maximum absolute atomic E-state index is 12.9. The minimum atomic E-state index is -1.23. The number of carboxylic acids is 1. The molecule has 0 aliphatic carbocycles. The third kappa shape index (κ3) is 5.51. The van der Waals surface area contributed by atoms with E-state index in [0.717, 1.165) is 48.4 Å². The normalized spacial score (nSPS) is 13.2. The molecule has 0 atom stereocenters. The van der Waals surface area contributed by atoms with E-state index in [2.05, 4.69) is 10.3 Å². The molecular weight excluding hydrogens is 484 g/mol. The molecule has 2 heterocycles. The quantitative estimate of drug-likeness (QED) is 0.349. The molecule has 1 N–H and O–H groups in total. The Bertz CT molecular complexity index is 1420. The lowest BCUT2D eigenvalue weighted by Gasteiger charge is -2.26. The lowest BCUT2D eigenvalue weighted by atomic mass is 10.0. The lowest BCUT2D eigenvalue weighted by molar-refractivity contribution is 0.0685. The van der Waals surface area contributed by atoms with Gasteiger partial charge in [-0.05, 0) is 72.4 Å². The number of methoxy groups -OCH3 is 1. The number of amides is 1. The molecule has 0 unspecified atom stereocenters. The van der Waals surface area contributed by atoms with Crippen LogP contribution in [0.4, 0.5) is 0 Å². The fraction of sp³-hybridized carbons (Fsp3) is 0.241. The standard InChI is InChI=1S/C29H28N4O5/c1-37-24-12-8-20(9-13-24)19-33-28(26(29(35)36)30-31-33)38-25-14-10-21(11-15-25)22-6-5-7-23(18-22)27(34)32-16-3-2-4-17-32/h5-15,18H,2-4,16-17,19H2,1H3,(H,35,36). The summed E-state index contributed by atoms with van der Waals surface area (Å²) in [5, 5.41) is 17.4. The van der Waals surface area contributed by atoms with E-state index in [-0.39, 0.29) is 24.0 Å². The Kier molecular flexibility index (Phi) is 7.35. The predicted molar refractivity (Wildman–Crippen MR) is 141 cm³/mol. The average Bonchev–Trinajstić information content (AvgIpc) is 3.36. The van der Waals surface area contributed by atoms with E-state index in [4.69, 9.17) is 9.47 Å². The second kappa shape index (κ2) is 11.2. The van der Waals surface area contributed by atoms with Gasteiger partial charge in [0.15, 0.2) is 0 Å². The maximum atomic E-state index is 12.9. The van der Waals surface area contributed by atoms with Crippen LogP contribution in [-0.4, -0.2) is 57.1 Å². The number of likely N-dealkylation sites (tertiary alicyclic amines) is 1. The van der Waals surface area contributed by atoms with Crippen molar-refractivity contribution < 1.29 is 24.2 Å². The van der Waals surface area contributed by atoms with Crippen LogP contribution in [0.25, 0.3) is 11.1 Å². The third-order valence-corrected chi connectivity index (χ3v) is 6.54. The van der Waals surface area contributed by atoms with E-state index >= 15 is 0 Å². The molecule has 0 spiro atoms. The summed E-state index contributed by atoms with van der Waals surface area (Å²) in [6, 6.07) is 22.2.